The van der Waals surface area contributed by atoms with Crippen molar-refractivity contribution in [3.8, 4) is 17.0 Å². The highest BCUT2D eigenvalue weighted by molar-refractivity contribution is 8.00. The highest BCUT2D eigenvalue weighted by atomic mass is 32.2. The zero-order valence-corrected chi connectivity index (χ0v) is 17.3. The van der Waals surface area contributed by atoms with E-state index in [-0.39, 0.29) is 0 Å². The summed E-state index contributed by atoms with van der Waals surface area (Å²) in [5.41, 5.74) is 9.96. The third-order valence-corrected chi connectivity index (χ3v) is 5.79. The van der Waals surface area contributed by atoms with Crippen molar-refractivity contribution in [2.24, 2.45) is 0 Å². The summed E-state index contributed by atoms with van der Waals surface area (Å²) in [6.45, 7) is 2.23. The van der Waals surface area contributed by atoms with E-state index in [1.54, 1.807) is 19.1 Å². The topological polar surface area (TPSA) is 60.2 Å². The number of hydrogen-bond acceptors (Lipinski definition) is 6. The molecule has 0 aliphatic rings. The molecule has 0 aliphatic heterocycles. The molecule has 3 rings (SSSR count). The second-order valence-electron chi connectivity index (χ2n) is 6.29. The second kappa shape index (κ2) is 9.67. The zero-order valence-electron chi connectivity index (χ0n) is 15.7. The van der Waals surface area contributed by atoms with E-state index >= 15 is 0 Å². The number of aromatic nitrogens is 1. The number of hydrogen-bond donors (Lipinski definition) is 2. The van der Waals surface area contributed by atoms with Gasteiger partial charge < -0.3 is 15.2 Å². The summed E-state index contributed by atoms with van der Waals surface area (Å²) in [5.74, 6) is 0.797. The van der Waals surface area contributed by atoms with Gasteiger partial charge in [0.1, 0.15) is 5.75 Å². The van der Waals surface area contributed by atoms with Crippen molar-refractivity contribution < 1.29 is 4.74 Å². The Hall–Kier alpha value is -2.18. The van der Waals surface area contributed by atoms with Gasteiger partial charge in [-0.1, -0.05) is 31.9 Å². The van der Waals surface area contributed by atoms with Crippen molar-refractivity contribution >= 4 is 34.1 Å². The van der Waals surface area contributed by atoms with Gasteiger partial charge in [-0.2, -0.15) is 0 Å². The molecule has 0 bridgehead atoms. The molecular weight excluding hydrogens is 374 g/mol. The Morgan fingerprint density at radius 2 is 1.96 bits per heavy atom. The molecule has 0 unspecified atom stereocenters. The summed E-state index contributed by atoms with van der Waals surface area (Å²) in [6, 6.07) is 14.7. The molecule has 3 aromatic rings. The molecule has 0 fully saturated rings. The lowest BCUT2D eigenvalue weighted by atomic mass is 10.1. The number of aryl methyl sites for hydroxylation is 1. The van der Waals surface area contributed by atoms with E-state index in [1.807, 2.05) is 23.6 Å². The van der Waals surface area contributed by atoms with Gasteiger partial charge in [0.25, 0.3) is 0 Å². The van der Waals surface area contributed by atoms with Crippen molar-refractivity contribution in [2.45, 2.75) is 37.5 Å². The fourth-order valence-electron chi connectivity index (χ4n) is 2.78. The molecule has 0 saturated heterocycles. The lowest BCUT2D eigenvalue weighted by Gasteiger charge is -2.12. The second-order valence-corrected chi connectivity index (χ2v) is 8.06. The molecule has 3 N–H and O–H groups in total. The fraction of sp³-hybridized carbons (Fsp3) is 0.286. The van der Waals surface area contributed by atoms with E-state index in [1.165, 1.54) is 41.1 Å². The Kier molecular flexibility index (Phi) is 7.01. The Bertz CT molecular complexity index is 862. The van der Waals surface area contributed by atoms with Crippen LogP contribution in [-0.4, -0.2) is 12.1 Å². The first-order chi connectivity index (χ1) is 13.2. The average Bonchev–Trinajstić information content (AvgIpc) is 3.13. The molecule has 0 saturated carbocycles. The number of nitrogens with two attached hydrogens (primary N) is 1. The molecule has 0 amide bonds. The molecular formula is C21H25N3OS2. The number of nitrogen functional groups attached to an aromatic ring is 1. The average molecular weight is 400 g/mol. The lowest BCUT2D eigenvalue weighted by Crippen LogP contribution is -1.94. The van der Waals surface area contributed by atoms with Crippen molar-refractivity contribution in [3.05, 3.63) is 53.4 Å². The zero-order chi connectivity index (χ0) is 19.1. The number of rotatable bonds is 9. The number of thiazole rings is 1. The van der Waals surface area contributed by atoms with Gasteiger partial charge >= 0.3 is 0 Å². The van der Waals surface area contributed by atoms with Crippen LogP contribution in [0.5, 0.6) is 5.75 Å². The Labute approximate surface area is 169 Å². The highest BCUT2D eigenvalue weighted by Crippen LogP contribution is 2.34. The van der Waals surface area contributed by atoms with Gasteiger partial charge in [0.15, 0.2) is 5.13 Å². The molecule has 1 heterocycles. The van der Waals surface area contributed by atoms with Gasteiger partial charge in [0.2, 0.25) is 0 Å². The van der Waals surface area contributed by atoms with Crippen LogP contribution in [0.3, 0.4) is 0 Å². The van der Waals surface area contributed by atoms with Crippen LogP contribution >= 0.6 is 23.3 Å². The van der Waals surface area contributed by atoms with Crippen LogP contribution in [-0.2, 0) is 6.42 Å². The first-order valence-electron chi connectivity index (χ1n) is 9.11. The van der Waals surface area contributed by atoms with Crippen LogP contribution in [0.25, 0.3) is 11.3 Å². The number of methoxy groups -OCH3 is 1. The molecule has 0 atom stereocenters. The predicted molar refractivity (Wildman–Crippen MR) is 118 cm³/mol. The third-order valence-electron chi connectivity index (χ3n) is 4.29. The quantitative estimate of drug-likeness (QED) is 0.329. The van der Waals surface area contributed by atoms with E-state index in [4.69, 9.17) is 10.5 Å². The smallest absolute Gasteiger partial charge is 0.180 e. The van der Waals surface area contributed by atoms with Crippen molar-refractivity contribution in [2.75, 3.05) is 17.6 Å². The van der Waals surface area contributed by atoms with Crippen LogP contribution in [0.4, 0.5) is 10.8 Å². The predicted octanol–water partition coefficient (Wildman–Crippen LogP) is 6.25. The minimum absolute atomic E-state index is 0.573. The normalized spacial score (nSPS) is 10.7. The third kappa shape index (κ3) is 5.40. The van der Waals surface area contributed by atoms with E-state index in [0.29, 0.717) is 5.13 Å². The van der Waals surface area contributed by atoms with Gasteiger partial charge in [-0.3, -0.25) is 0 Å². The van der Waals surface area contributed by atoms with Crippen molar-refractivity contribution in [1.29, 1.82) is 0 Å². The Balaban J connectivity index is 1.67. The summed E-state index contributed by atoms with van der Waals surface area (Å²) in [7, 11) is 1.68. The first kappa shape index (κ1) is 19.6. The fourth-order valence-corrected chi connectivity index (χ4v) is 4.02. The Morgan fingerprint density at radius 3 is 2.63 bits per heavy atom. The summed E-state index contributed by atoms with van der Waals surface area (Å²) in [5, 5.41) is 2.54. The number of unbranched alkanes of at least 4 members (excludes halogenated alkanes) is 2. The molecule has 0 spiro atoms. The summed E-state index contributed by atoms with van der Waals surface area (Å²) in [4.78, 5) is 5.52. The van der Waals surface area contributed by atoms with E-state index in [9.17, 15) is 0 Å². The summed E-state index contributed by atoms with van der Waals surface area (Å²) >= 11 is 3.02. The number of anilines is 2. The van der Waals surface area contributed by atoms with Crippen molar-refractivity contribution in [1.82, 2.24) is 4.98 Å². The highest BCUT2D eigenvalue weighted by Gasteiger charge is 2.09. The lowest BCUT2D eigenvalue weighted by molar-refractivity contribution is 0.417. The molecule has 2 aromatic carbocycles. The van der Waals surface area contributed by atoms with Gasteiger partial charge in [-0.05, 0) is 60.7 Å². The van der Waals surface area contributed by atoms with E-state index < -0.39 is 0 Å². The standard InChI is InChI=1S/C21H25N3OS2/c1-3-4-5-6-15-7-10-17(11-8-15)27-24-18-13-16(9-12-20(18)25-2)19-14-26-21(22)23-19/h7-14,24H,3-6H2,1-2H3,(H2,22,23). The maximum absolute atomic E-state index is 5.76. The number of nitrogens with one attached hydrogen (secondary N) is 1. The molecule has 142 valence electrons. The molecule has 6 heteroatoms. The van der Waals surface area contributed by atoms with E-state index in [0.717, 1.165) is 29.1 Å². The Morgan fingerprint density at radius 1 is 1.15 bits per heavy atom. The van der Waals surface area contributed by atoms with Gasteiger partial charge in [0, 0.05) is 15.8 Å². The molecule has 4 nitrogen and oxygen atoms in total. The largest absolute Gasteiger partial charge is 0.495 e. The van der Waals surface area contributed by atoms with Gasteiger partial charge in [0.05, 0.1) is 18.5 Å². The molecule has 1 aromatic heterocycles. The number of benzene rings is 2. The minimum atomic E-state index is 0.573. The van der Waals surface area contributed by atoms with E-state index in [2.05, 4.69) is 40.9 Å². The number of ether oxygens (including phenoxy) is 1. The molecule has 0 aliphatic carbocycles. The van der Waals surface area contributed by atoms with Gasteiger partial charge in [-0.15, -0.1) is 11.3 Å². The first-order valence-corrected chi connectivity index (χ1v) is 10.8. The van der Waals surface area contributed by atoms with Crippen LogP contribution in [0.1, 0.15) is 31.7 Å². The summed E-state index contributed by atoms with van der Waals surface area (Å²) in [6.07, 6.45) is 4.95. The SMILES string of the molecule is CCCCCc1ccc(SNc2cc(-c3csc(N)n3)ccc2OC)cc1. The monoisotopic (exact) mass is 399 g/mol. The van der Waals surface area contributed by atoms with Crippen LogP contribution in [0.15, 0.2) is 52.7 Å². The van der Waals surface area contributed by atoms with Crippen molar-refractivity contribution in [3.63, 3.8) is 0 Å². The molecule has 27 heavy (non-hydrogen) atoms. The summed E-state index contributed by atoms with van der Waals surface area (Å²) < 4.78 is 8.89. The maximum Gasteiger partial charge on any atom is 0.180 e. The van der Waals surface area contributed by atoms with Crippen LogP contribution in [0.2, 0.25) is 0 Å². The maximum atomic E-state index is 5.76. The van der Waals surface area contributed by atoms with Crippen LogP contribution in [0, 0.1) is 0 Å². The minimum Gasteiger partial charge on any atom is -0.495 e. The van der Waals surface area contributed by atoms with Gasteiger partial charge in [-0.25, -0.2) is 4.98 Å². The molecule has 0 radical (unpaired) electrons. The van der Waals surface area contributed by atoms with Crippen LogP contribution < -0.4 is 15.2 Å². The number of nitrogens with zero attached hydrogens (tertiary/aromatic N) is 1.